The van der Waals surface area contributed by atoms with Gasteiger partial charge in [0.1, 0.15) is 5.56 Å². The van der Waals surface area contributed by atoms with Crippen molar-refractivity contribution in [3.8, 4) is 0 Å². The van der Waals surface area contributed by atoms with E-state index in [0.717, 1.165) is 32.6 Å². The van der Waals surface area contributed by atoms with Gasteiger partial charge in [0.2, 0.25) is 0 Å². The number of pyridine rings is 2. The lowest BCUT2D eigenvalue weighted by atomic mass is 10.0. The molecular weight excluding hydrogens is 316 g/mol. The number of rotatable bonds is 3. The number of fused-ring (bicyclic) bond motifs is 1. The van der Waals surface area contributed by atoms with Gasteiger partial charge in [-0.25, -0.2) is 0 Å². The minimum absolute atomic E-state index is 0.128. The number of nitrogens with zero attached hydrogens (tertiary/aromatic N) is 4. The number of carbonyl (C=O) groups is 1. The van der Waals surface area contributed by atoms with Crippen molar-refractivity contribution in [1.29, 1.82) is 0 Å². The second-order valence-corrected chi connectivity index (χ2v) is 7.01. The van der Waals surface area contributed by atoms with E-state index < -0.39 is 0 Å². The van der Waals surface area contributed by atoms with E-state index in [1.54, 1.807) is 31.6 Å². The molecule has 0 saturated carbocycles. The maximum absolute atomic E-state index is 12.9. The number of aromatic nitrogens is 2. The molecule has 2 aromatic rings. The molecule has 0 aliphatic carbocycles. The molecule has 6 heteroatoms. The zero-order valence-corrected chi connectivity index (χ0v) is 14.3. The Morgan fingerprint density at radius 3 is 2.96 bits per heavy atom. The lowest BCUT2D eigenvalue weighted by molar-refractivity contribution is 0.0724. The van der Waals surface area contributed by atoms with Gasteiger partial charge in [0.25, 0.3) is 11.5 Å². The molecule has 2 atom stereocenters. The second-order valence-electron chi connectivity index (χ2n) is 7.01. The van der Waals surface area contributed by atoms with Crippen LogP contribution in [0.1, 0.15) is 22.3 Å². The molecular formula is C19H22N4O2. The first-order chi connectivity index (χ1) is 12.1. The third kappa shape index (κ3) is 2.98. The van der Waals surface area contributed by atoms with Crippen LogP contribution >= 0.6 is 0 Å². The number of likely N-dealkylation sites (tertiary alicyclic amines) is 2. The van der Waals surface area contributed by atoms with E-state index in [1.165, 1.54) is 10.1 Å². The van der Waals surface area contributed by atoms with Crippen LogP contribution in [0.2, 0.25) is 0 Å². The molecule has 0 spiro atoms. The first kappa shape index (κ1) is 16.0. The monoisotopic (exact) mass is 338 g/mol. The summed E-state index contributed by atoms with van der Waals surface area (Å²) in [5.41, 5.74) is 1.25. The molecule has 1 amide bonds. The minimum atomic E-state index is -0.221. The Labute approximate surface area is 146 Å². The molecule has 130 valence electrons. The molecule has 25 heavy (non-hydrogen) atoms. The number of hydrogen-bond acceptors (Lipinski definition) is 4. The Kier molecular flexibility index (Phi) is 4.13. The lowest BCUT2D eigenvalue weighted by Crippen LogP contribution is -2.42. The van der Waals surface area contributed by atoms with Crippen molar-refractivity contribution in [2.45, 2.75) is 19.0 Å². The number of hydrogen-bond donors (Lipinski definition) is 0. The predicted octanol–water partition coefficient (Wildman–Crippen LogP) is 1.13. The van der Waals surface area contributed by atoms with Crippen LogP contribution in [0, 0.1) is 5.92 Å². The van der Waals surface area contributed by atoms with Crippen molar-refractivity contribution in [1.82, 2.24) is 19.4 Å². The van der Waals surface area contributed by atoms with Crippen LogP contribution in [0.25, 0.3) is 0 Å². The van der Waals surface area contributed by atoms with E-state index in [9.17, 15) is 9.59 Å². The van der Waals surface area contributed by atoms with Crippen molar-refractivity contribution in [3.63, 3.8) is 0 Å². The number of carbonyl (C=O) groups excluding carboxylic acids is 1. The van der Waals surface area contributed by atoms with Gasteiger partial charge >= 0.3 is 0 Å². The highest BCUT2D eigenvalue weighted by Crippen LogP contribution is 2.32. The molecule has 0 aromatic carbocycles. The van der Waals surface area contributed by atoms with Gasteiger partial charge in [0, 0.05) is 57.9 Å². The highest BCUT2D eigenvalue weighted by atomic mass is 16.2. The van der Waals surface area contributed by atoms with Crippen molar-refractivity contribution in [2.24, 2.45) is 13.0 Å². The molecule has 4 heterocycles. The molecule has 0 bridgehead atoms. The summed E-state index contributed by atoms with van der Waals surface area (Å²) < 4.78 is 1.46. The first-order valence-corrected chi connectivity index (χ1v) is 8.71. The highest BCUT2D eigenvalue weighted by Gasteiger charge is 2.43. The van der Waals surface area contributed by atoms with Gasteiger partial charge in [-0.1, -0.05) is 6.07 Å². The smallest absolute Gasteiger partial charge is 0.263 e. The van der Waals surface area contributed by atoms with E-state index in [-0.39, 0.29) is 23.1 Å². The minimum Gasteiger partial charge on any atom is -0.334 e. The van der Waals surface area contributed by atoms with E-state index in [4.69, 9.17) is 0 Å². The molecule has 2 saturated heterocycles. The van der Waals surface area contributed by atoms with Gasteiger partial charge in [-0.3, -0.25) is 19.5 Å². The molecule has 0 unspecified atom stereocenters. The van der Waals surface area contributed by atoms with Gasteiger partial charge in [0.15, 0.2) is 0 Å². The normalized spacial score (nSPS) is 23.0. The fourth-order valence-corrected chi connectivity index (χ4v) is 4.09. The lowest BCUT2D eigenvalue weighted by Gasteiger charge is -2.25. The zero-order valence-electron chi connectivity index (χ0n) is 14.3. The number of amides is 1. The van der Waals surface area contributed by atoms with Crippen LogP contribution in [0.4, 0.5) is 0 Å². The third-order valence-electron chi connectivity index (χ3n) is 5.37. The Hall–Kier alpha value is -2.47. The molecule has 0 N–H and O–H groups in total. The quantitative estimate of drug-likeness (QED) is 0.842. The average Bonchev–Trinajstić information content (AvgIpc) is 3.17. The molecule has 6 nitrogen and oxygen atoms in total. The molecule has 0 radical (unpaired) electrons. The van der Waals surface area contributed by atoms with Crippen LogP contribution in [-0.2, 0) is 13.6 Å². The SMILES string of the molecule is Cn1cccc(C(=O)N2CC[C@H]3CN(Cc4cccnc4)C[C@H]32)c1=O. The van der Waals surface area contributed by atoms with E-state index in [1.807, 2.05) is 17.2 Å². The van der Waals surface area contributed by atoms with Gasteiger partial charge < -0.3 is 9.47 Å². The summed E-state index contributed by atoms with van der Waals surface area (Å²) in [6, 6.07) is 7.63. The average molecular weight is 338 g/mol. The highest BCUT2D eigenvalue weighted by molar-refractivity contribution is 5.94. The van der Waals surface area contributed by atoms with Crippen LogP contribution in [0.3, 0.4) is 0 Å². The summed E-state index contributed by atoms with van der Waals surface area (Å²) in [4.78, 5) is 33.6. The largest absolute Gasteiger partial charge is 0.334 e. The maximum atomic E-state index is 12.9. The Morgan fingerprint density at radius 1 is 1.28 bits per heavy atom. The molecule has 2 fully saturated rings. The standard InChI is InChI=1S/C19H22N4O2/c1-21-8-3-5-16(18(21)24)19(25)23-9-6-15-12-22(13-17(15)23)11-14-4-2-7-20-10-14/h2-5,7-8,10,15,17H,6,9,11-13H2,1H3/t15-,17+/m0/s1. The summed E-state index contributed by atoms with van der Waals surface area (Å²) in [5.74, 6) is 0.366. The van der Waals surface area contributed by atoms with Crippen molar-refractivity contribution in [3.05, 3.63) is 64.3 Å². The Morgan fingerprint density at radius 2 is 2.16 bits per heavy atom. The van der Waals surface area contributed by atoms with E-state index in [2.05, 4.69) is 16.0 Å². The van der Waals surface area contributed by atoms with Gasteiger partial charge in [-0.15, -0.1) is 0 Å². The predicted molar refractivity (Wildman–Crippen MR) is 94.1 cm³/mol. The third-order valence-corrected chi connectivity index (χ3v) is 5.37. The zero-order chi connectivity index (χ0) is 17.4. The summed E-state index contributed by atoms with van der Waals surface area (Å²) in [5, 5.41) is 0. The van der Waals surface area contributed by atoms with Crippen molar-refractivity contribution < 1.29 is 4.79 Å². The van der Waals surface area contributed by atoms with Crippen LogP contribution in [0.5, 0.6) is 0 Å². The Bertz CT molecular complexity index is 833. The molecule has 4 rings (SSSR count). The van der Waals surface area contributed by atoms with Crippen LogP contribution < -0.4 is 5.56 Å². The summed E-state index contributed by atoms with van der Waals surface area (Å²) in [6.07, 6.45) is 6.36. The molecule has 2 aromatic heterocycles. The topological polar surface area (TPSA) is 58.4 Å². The molecule has 2 aliphatic rings. The summed E-state index contributed by atoms with van der Waals surface area (Å²) in [6.45, 7) is 3.46. The summed E-state index contributed by atoms with van der Waals surface area (Å²) in [7, 11) is 1.68. The summed E-state index contributed by atoms with van der Waals surface area (Å²) >= 11 is 0. The van der Waals surface area contributed by atoms with Gasteiger partial charge in [-0.2, -0.15) is 0 Å². The van der Waals surface area contributed by atoms with Crippen molar-refractivity contribution >= 4 is 5.91 Å². The van der Waals surface area contributed by atoms with Gasteiger partial charge in [0.05, 0.1) is 0 Å². The Balaban J connectivity index is 1.49. The second kappa shape index (κ2) is 6.44. The van der Waals surface area contributed by atoms with E-state index in [0.29, 0.717) is 5.92 Å². The number of aryl methyl sites for hydroxylation is 1. The van der Waals surface area contributed by atoms with Crippen LogP contribution in [-0.4, -0.2) is 50.9 Å². The maximum Gasteiger partial charge on any atom is 0.263 e. The van der Waals surface area contributed by atoms with Crippen molar-refractivity contribution in [2.75, 3.05) is 19.6 Å². The molecule has 2 aliphatic heterocycles. The fraction of sp³-hybridized carbons (Fsp3) is 0.421. The van der Waals surface area contributed by atoms with E-state index >= 15 is 0 Å². The van der Waals surface area contributed by atoms with Gasteiger partial charge in [-0.05, 0) is 36.1 Å². The fourth-order valence-electron chi connectivity index (χ4n) is 4.09. The van der Waals surface area contributed by atoms with Crippen LogP contribution in [0.15, 0.2) is 47.7 Å². The first-order valence-electron chi connectivity index (χ1n) is 8.71.